The van der Waals surface area contributed by atoms with E-state index in [2.05, 4.69) is 13.8 Å². The van der Waals surface area contributed by atoms with Crippen LogP contribution < -0.4 is 0 Å². The zero-order valence-corrected chi connectivity index (χ0v) is 13.4. The molecule has 0 saturated heterocycles. The first-order valence-electron chi connectivity index (χ1n) is 8.49. The summed E-state index contributed by atoms with van der Waals surface area (Å²) >= 11 is 0. The van der Waals surface area contributed by atoms with Gasteiger partial charge in [0, 0.05) is 6.61 Å². The SMILES string of the molecule is CCCCCCC(CCO)CC(CCCCC)C(=O)O. The van der Waals surface area contributed by atoms with Gasteiger partial charge in [-0.15, -0.1) is 0 Å². The van der Waals surface area contributed by atoms with Crippen molar-refractivity contribution in [3.63, 3.8) is 0 Å². The molecule has 3 heteroatoms. The van der Waals surface area contributed by atoms with Crippen molar-refractivity contribution < 1.29 is 15.0 Å². The van der Waals surface area contributed by atoms with Crippen LogP contribution in [0.25, 0.3) is 0 Å². The van der Waals surface area contributed by atoms with Gasteiger partial charge >= 0.3 is 5.97 Å². The standard InChI is InChI=1S/C17H34O3/c1-3-5-7-9-10-15(12-13-18)14-16(17(19)20)11-8-6-4-2/h15-16,18H,3-14H2,1-2H3,(H,19,20). The summed E-state index contributed by atoms with van der Waals surface area (Å²) in [4.78, 5) is 11.3. The molecule has 2 atom stereocenters. The highest BCUT2D eigenvalue weighted by molar-refractivity contribution is 5.69. The minimum absolute atomic E-state index is 0.180. The van der Waals surface area contributed by atoms with Gasteiger partial charge in [-0.05, 0) is 25.2 Å². The van der Waals surface area contributed by atoms with Crippen LogP contribution in [0.15, 0.2) is 0 Å². The third-order valence-corrected chi connectivity index (χ3v) is 4.13. The number of rotatable bonds is 14. The molecule has 0 spiro atoms. The molecule has 2 N–H and O–H groups in total. The zero-order valence-electron chi connectivity index (χ0n) is 13.4. The van der Waals surface area contributed by atoms with Gasteiger partial charge < -0.3 is 10.2 Å². The van der Waals surface area contributed by atoms with Crippen molar-refractivity contribution in [1.29, 1.82) is 0 Å². The van der Waals surface area contributed by atoms with Crippen molar-refractivity contribution in [1.82, 2.24) is 0 Å². The van der Waals surface area contributed by atoms with Crippen LogP contribution in [0.4, 0.5) is 0 Å². The summed E-state index contributed by atoms with van der Waals surface area (Å²) in [6, 6.07) is 0. The molecule has 0 bridgehead atoms. The third kappa shape index (κ3) is 10.2. The maximum atomic E-state index is 11.3. The third-order valence-electron chi connectivity index (χ3n) is 4.13. The van der Waals surface area contributed by atoms with E-state index in [1.807, 2.05) is 0 Å². The number of aliphatic hydroxyl groups excluding tert-OH is 1. The summed E-state index contributed by atoms with van der Waals surface area (Å²) in [5.41, 5.74) is 0. The molecular weight excluding hydrogens is 252 g/mol. The second-order valence-corrected chi connectivity index (χ2v) is 5.99. The molecule has 0 amide bonds. The van der Waals surface area contributed by atoms with Gasteiger partial charge in [-0.25, -0.2) is 0 Å². The van der Waals surface area contributed by atoms with E-state index in [9.17, 15) is 9.90 Å². The fraction of sp³-hybridized carbons (Fsp3) is 0.941. The largest absolute Gasteiger partial charge is 0.481 e. The van der Waals surface area contributed by atoms with Gasteiger partial charge in [-0.2, -0.15) is 0 Å². The van der Waals surface area contributed by atoms with Crippen LogP contribution in [-0.4, -0.2) is 22.8 Å². The molecule has 0 rings (SSSR count). The average Bonchev–Trinajstić information content (AvgIpc) is 2.42. The Kier molecular flexibility index (Phi) is 13.0. The number of aliphatic carboxylic acids is 1. The lowest BCUT2D eigenvalue weighted by Crippen LogP contribution is -2.19. The van der Waals surface area contributed by atoms with E-state index in [4.69, 9.17) is 5.11 Å². The molecule has 0 radical (unpaired) electrons. The maximum Gasteiger partial charge on any atom is 0.306 e. The summed E-state index contributed by atoms with van der Waals surface area (Å²) in [6.45, 7) is 4.51. The lowest BCUT2D eigenvalue weighted by atomic mass is 9.85. The summed E-state index contributed by atoms with van der Waals surface area (Å²) < 4.78 is 0. The van der Waals surface area contributed by atoms with Crippen molar-refractivity contribution in [2.75, 3.05) is 6.61 Å². The van der Waals surface area contributed by atoms with Gasteiger partial charge in [-0.1, -0.05) is 65.2 Å². The van der Waals surface area contributed by atoms with E-state index in [-0.39, 0.29) is 12.5 Å². The highest BCUT2D eigenvalue weighted by atomic mass is 16.4. The quantitative estimate of drug-likeness (QED) is 0.458. The van der Waals surface area contributed by atoms with Gasteiger partial charge in [0.1, 0.15) is 0 Å². The second-order valence-electron chi connectivity index (χ2n) is 5.99. The Morgan fingerprint density at radius 1 is 0.900 bits per heavy atom. The zero-order chi connectivity index (χ0) is 15.2. The van der Waals surface area contributed by atoms with Crippen molar-refractivity contribution in [2.24, 2.45) is 11.8 Å². The Labute approximate surface area is 124 Å². The molecule has 0 heterocycles. The van der Waals surface area contributed by atoms with Crippen LogP contribution in [0.2, 0.25) is 0 Å². The molecule has 0 saturated carbocycles. The normalized spacial score (nSPS) is 14.2. The summed E-state index contributed by atoms with van der Waals surface area (Å²) in [5.74, 6) is -0.499. The Bertz CT molecular complexity index is 228. The number of unbranched alkanes of at least 4 members (excludes halogenated alkanes) is 5. The van der Waals surface area contributed by atoms with Crippen LogP contribution in [-0.2, 0) is 4.79 Å². The van der Waals surface area contributed by atoms with Crippen LogP contribution in [0.1, 0.15) is 84.5 Å². The second kappa shape index (κ2) is 13.4. The first kappa shape index (κ1) is 19.4. The number of hydrogen-bond donors (Lipinski definition) is 2. The van der Waals surface area contributed by atoms with E-state index in [0.29, 0.717) is 5.92 Å². The first-order chi connectivity index (χ1) is 9.65. The minimum atomic E-state index is -0.655. The fourth-order valence-corrected chi connectivity index (χ4v) is 2.81. The molecule has 20 heavy (non-hydrogen) atoms. The van der Waals surface area contributed by atoms with Crippen molar-refractivity contribution in [3.8, 4) is 0 Å². The van der Waals surface area contributed by atoms with E-state index in [0.717, 1.165) is 44.9 Å². The van der Waals surface area contributed by atoms with Crippen molar-refractivity contribution in [3.05, 3.63) is 0 Å². The molecule has 0 aromatic heterocycles. The van der Waals surface area contributed by atoms with Crippen LogP contribution in [0, 0.1) is 11.8 Å². The average molecular weight is 286 g/mol. The van der Waals surface area contributed by atoms with Crippen LogP contribution >= 0.6 is 0 Å². The van der Waals surface area contributed by atoms with Gasteiger partial charge in [0.2, 0.25) is 0 Å². The van der Waals surface area contributed by atoms with Gasteiger partial charge in [0.15, 0.2) is 0 Å². The molecule has 3 nitrogen and oxygen atoms in total. The lowest BCUT2D eigenvalue weighted by Gasteiger charge is -2.20. The Balaban J connectivity index is 4.15. The number of carboxylic acids is 1. The van der Waals surface area contributed by atoms with Gasteiger partial charge in [0.25, 0.3) is 0 Å². The monoisotopic (exact) mass is 286 g/mol. The Hall–Kier alpha value is -0.570. The number of carbonyl (C=O) groups is 1. The summed E-state index contributed by atoms with van der Waals surface area (Å²) in [6.07, 6.45) is 11.5. The topological polar surface area (TPSA) is 57.5 Å². The molecule has 0 aromatic carbocycles. The van der Waals surface area contributed by atoms with E-state index in [1.54, 1.807) is 0 Å². The van der Waals surface area contributed by atoms with Crippen LogP contribution in [0.5, 0.6) is 0 Å². The smallest absolute Gasteiger partial charge is 0.306 e. The van der Waals surface area contributed by atoms with E-state index < -0.39 is 5.97 Å². The summed E-state index contributed by atoms with van der Waals surface area (Å²) in [7, 11) is 0. The molecule has 120 valence electrons. The first-order valence-corrected chi connectivity index (χ1v) is 8.49. The Morgan fingerprint density at radius 2 is 1.50 bits per heavy atom. The summed E-state index contributed by atoms with van der Waals surface area (Å²) in [5, 5.41) is 18.5. The van der Waals surface area contributed by atoms with E-state index >= 15 is 0 Å². The molecule has 2 unspecified atom stereocenters. The highest BCUT2D eigenvalue weighted by Gasteiger charge is 2.21. The highest BCUT2D eigenvalue weighted by Crippen LogP contribution is 2.25. The predicted molar refractivity (Wildman–Crippen MR) is 83.8 cm³/mol. The fourth-order valence-electron chi connectivity index (χ4n) is 2.81. The Morgan fingerprint density at radius 3 is 2.05 bits per heavy atom. The molecule has 0 aliphatic rings. The van der Waals surface area contributed by atoms with Gasteiger partial charge in [-0.3, -0.25) is 4.79 Å². The predicted octanol–water partition coefficient (Wildman–Crippen LogP) is 4.63. The number of hydrogen-bond acceptors (Lipinski definition) is 2. The van der Waals surface area contributed by atoms with Gasteiger partial charge in [0.05, 0.1) is 5.92 Å². The molecular formula is C17H34O3. The van der Waals surface area contributed by atoms with Crippen molar-refractivity contribution in [2.45, 2.75) is 84.5 Å². The van der Waals surface area contributed by atoms with Crippen LogP contribution in [0.3, 0.4) is 0 Å². The number of aliphatic hydroxyl groups is 1. The lowest BCUT2D eigenvalue weighted by molar-refractivity contribution is -0.142. The minimum Gasteiger partial charge on any atom is -0.481 e. The molecule has 0 fully saturated rings. The van der Waals surface area contributed by atoms with E-state index in [1.165, 1.54) is 25.7 Å². The maximum absolute atomic E-state index is 11.3. The number of carboxylic acid groups (broad SMARTS) is 1. The molecule has 0 aromatic rings. The molecule has 0 aliphatic heterocycles. The van der Waals surface area contributed by atoms with Crippen molar-refractivity contribution >= 4 is 5.97 Å². The molecule has 0 aliphatic carbocycles.